The second kappa shape index (κ2) is 3.73. The number of hydrogen-bond acceptors (Lipinski definition) is 3. The van der Waals surface area contributed by atoms with Gasteiger partial charge in [-0.05, 0) is 28.4 Å². The normalized spacial score (nSPS) is 11.7. The smallest absolute Gasteiger partial charge is 0.242 e. The monoisotopic (exact) mass is 303 g/mol. The van der Waals surface area contributed by atoms with Crippen molar-refractivity contribution >= 4 is 47.3 Å². The summed E-state index contributed by atoms with van der Waals surface area (Å²) in [4.78, 5) is 3.51. The van der Waals surface area contributed by atoms with E-state index in [9.17, 15) is 8.42 Å². The minimum atomic E-state index is -3.84. The number of rotatable bonds is 1. The molecule has 1 rings (SSSR count). The van der Waals surface area contributed by atoms with Crippen LogP contribution in [0.1, 0.15) is 5.56 Å². The van der Waals surface area contributed by atoms with Gasteiger partial charge in [-0.25, -0.2) is 13.4 Å². The van der Waals surface area contributed by atoms with Gasteiger partial charge in [0.1, 0.15) is 10.0 Å². The lowest BCUT2D eigenvalue weighted by Crippen LogP contribution is -1.98. The van der Waals surface area contributed by atoms with Crippen molar-refractivity contribution < 1.29 is 8.42 Å². The van der Waals surface area contributed by atoms with Gasteiger partial charge in [0, 0.05) is 21.4 Å². The average molecular weight is 305 g/mol. The molecule has 13 heavy (non-hydrogen) atoms. The zero-order valence-electron chi connectivity index (χ0n) is 6.38. The lowest BCUT2D eigenvalue weighted by Gasteiger charge is -2.04. The molecule has 0 saturated heterocycles. The molecule has 0 bridgehead atoms. The molecule has 0 fully saturated rings. The first-order valence-electron chi connectivity index (χ1n) is 3.09. The molecule has 7 heteroatoms. The van der Waals surface area contributed by atoms with E-state index in [1.165, 1.54) is 6.20 Å². The molecule has 0 aliphatic heterocycles. The molecular formula is C6H4BrCl2NO2S. The maximum absolute atomic E-state index is 11.0. The van der Waals surface area contributed by atoms with Gasteiger partial charge in [-0.1, -0.05) is 11.6 Å². The van der Waals surface area contributed by atoms with E-state index >= 15 is 0 Å². The molecule has 0 aliphatic rings. The van der Waals surface area contributed by atoms with Crippen LogP contribution >= 0.6 is 38.2 Å². The zero-order valence-corrected chi connectivity index (χ0v) is 10.3. The Morgan fingerprint density at radius 3 is 2.46 bits per heavy atom. The van der Waals surface area contributed by atoms with Crippen molar-refractivity contribution in [2.75, 3.05) is 0 Å². The Balaban J connectivity index is 3.62. The molecule has 3 nitrogen and oxygen atoms in total. The van der Waals surface area contributed by atoms with Crippen molar-refractivity contribution in [1.82, 2.24) is 4.98 Å². The third kappa shape index (κ3) is 2.34. The third-order valence-corrected chi connectivity index (χ3v) is 4.07. The van der Waals surface area contributed by atoms with Crippen molar-refractivity contribution in [3.05, 3.63) is 21.4 Å². The topological polar surface area (TPSA) is 47.0 Å². The Hall–Kier alpha value is 0.160. The number of hydrogen-bond donors (Lipinski definition) is 0. The SMILES string of the molecule is Cc1c(Br)cnc(Cl)c1S(=O)(=O)Cl. The Kier molecular flexibility index (Phi) is 3.22. The van der Waals surface area contributed by atoms with Crippen molar-refractivity contribution in [2.45, 2.75) is 11.8 Å². The van der Waals surface area contributed by atoms with Gasteiger partial charge < -0.3 is 0 Å². The molecule has 1 aromatic heterocycles. The summed E-state index contributed by atoms with van der Waals surface area (Å²) in [5.41, 5.74) is 0.454. The van der Waals surface area contributed by atoms with Gasteiger partial charge in [-0.3, -0.25) is 0 Å². The fourth-order valence-electron chi connectivity index (χ4n) is 0.815. The lowest BCUT2D eigenvalue weighted by atomic mass is 10.3. The molecule has 0 N–H and O–H groups in total. The average Bonchev–Trinajstić information content (AvgIpc) is 1.95. The van der Waals surface area contributed by atoms with Crippen LogP contribution in [0.4, 0.5) is 0 Å². The maximum atomic E-state index is 11.0. The molecular weight excluding hydrogens is 301 g/mol. The van der Waals surface area contributed by atoms with Crippen LogP contribution in [0.2, 0.25) is 5.15 Å². The van der Waals surface area contributed by atoms with Crippen molar-refractivity contribution in [1.29, 1.82) is 0 Å². The lowest BCUT2D eigenvalue weighted by molar-refractivity contribution is 0.608. The molecule has 0 spiro atoms. The van der Waals surface area contributed by atoms with Crippen LogP contribution in [0.25, 0.3) is 0 Å². The minimum absolute atomic E-state index is 0.115. The quantitative estimate of drug-likeness (QED) is 0.592. The fraction of sp³-hybridized carbons (Fsp3) is 0.167. The minimum Gasteiger partial charge on any atom is -0.242 e. The second-order valence-electron chi connectivity index (χ2n) is 2.29. The number of pyridine rings is 1. The summed E-state index contributed by atoms with van der Waals surface area (Å²) in [6.45, 7) is 1.59. The first-order valence-corrected chi connectivity index (χ1v) is 6.57. The molecule has 1 heterocycles. The van der Waals surface area contributed by atoms with Gasteiger partial charge >= 0.3 is 0 Å². The molecule has 0 aliphatic carbocycles. The van der Waals surface area contributed by atoms with Gasteiger partial charge in [-0.2, -0.15) is 0 Å². The largest absolute Gasteiger partial charge is 0.264 e. The summed E-state index contributed by atoms with van der Waals surface area (Å²) in [6.07, 6.45) is 1.42. The van der Waals surface area contributed by atoms with E-state index in [0.29, 0.717) is 10.0 Å². The van der Waals surface area contributed by atoms with Crippen LogP contribution in [0.15, 0.2) is 15.6 Å². The first kappa shape index (κ1) is 11.2. The molecule has 0 amide bonds. The second-order valence-corrected chi connectivity index (χ2v) is 6.00. The van der Waals surface area contributed by atoms with E-state index in [0.717, 1.165) is 0 Å². The van der Waals surface area contributed by atoms with E-state index < -0.39 is 9.05 Å². The van der Waals surface area contributed by atoms with Gasteiger partial charge in [0.15, 0.2) is 0 Å². The summed E-state index contributed by atoms with van der Waals surface area (Å²) in [5.74, 6) is 0. The fourth-order valence-corrected chi connectivity index (χ4v) is 3.16. The summed E-state index contributed by atoms with van der Waals surface area (Å²) < 4.78 is 22.6. The van der Waals surface area contributed by atoms with Crippen molar-refractivity contribution in [2.24, 2.45) is 0 Å². The van der Waals surface area contributed by atoms with Crippen molar-refractivity contribution in [3.8, 4) is 0 Å². The highest BCUT2D eigenvalue weighted by atomic mass is 79.9. The van der Waals surface area contributed by atoms with E-state index in [4.69, 9.17) is 22.3 Å². The van der Waals surface area contributed by atoms with E-state index in [1.54, 1.807) is 6.92 Å². The maximum Gasteiger partial charge on any atom is 0.264 e. The highest BCUT2D eigenvalue weighted by Gasteiger charge is 2.20. The predicted octanol–water partition coefficient (Wildman–Crippen LogP) is 2.73. The number of aromatic nitrogens is 1. The van der Waals surface area contributed by atoms with Gasteiger partial charge in [0.05, 0.1) is 0 Å². The van der Waals surface area contributed by atoms with Gasteiger partial charge in [0.25, 0.3) is 9.05 Å². The van der Waals surface area contributed by atoms with Crippen LogP contribution in [0.5, 0.6) is 0 Å². The number of halogens is 3. The summed E-state index contributed by atoms with van der Waals surface area (Å²) >= 11 is 8.72. The molecule has 72 valence electrons. The highest BCUT2D eigenvalue weighted by molar-refractivity contribution is 9.10. The molecule has 0 unspecified atom stereocenters. The van der Waals surface area contributed by atoms with Gasteiger partial charge in [-0.15, -0.1) is 0 Å². The Morgan fingerprint density at radius 1 is 1.54 bits per heavy atom. The molecule has 0 saturated carbocycles. The van der Waals surface area contributed by atoms with Crippen LogP contribution in [0.3, 0.4) is 0 Å². The number of nitrogens with zero attached hydrogens (tertiary/aromatic N) is 1. The third-order valence-electron chi connectivity index (χ3n) is 1.42. The van der Waals surface area contributed by atoms with Crippen LogP contribution in [-0.2, 0) is 9.05 Å². The predicted molar refractivity (Wildman–Crippen MR) is 54.7 cm³/mol. The van der Waals surface area contributed by atoms with E-state index in [1.807, 2.05) is 0 Å². The van der Waals surface area contributed by atoms with Crippen LogP contribution < -0.4 is 0 Å². The van der Waals surface area contributed by atoms with Crippen LogP contribution in [-0.4, -0.2) is 13.4 Å². The highest BCUT2D eigenvalue weighted by Crippen LogP contribution is 2.30. The van der Waals surface area contributed by atoms with E-state index in [2.05, 4.69) is 20.9 Å². The van der Waals surface area contributed by atoms with Crippen LogP contribution in [0, 0.1) is 6.92 Å². The molecule has 0 atom stereocenters. The zero-order chi connectivity index (χ0) is 10.2. The Morgan fingerprint density at radius 2 is 2.08 bits per heavy atom. The molecule has 0 radical (unpaired) electrons. The van der Waals surface area contributed by atoms with Gasteiger partial charge in [0.2, 0.25) is 0 Å². The molecule has 1 aromatic rings. The molecule has 0 aromatic carbocycles. The first-order chi connectivity index (χ1) is 5.84. The van der Waals surface area contributed by atoms with Crippen molar-refractivity contribution in [3.63, 3.8) is 0 Å². The Labute approximate surface area is 93.6 Å². The van der Waals surface area contributed by atoms with E-state index in [-0.39, 0.29) is 10.0 Å². The standard InChI is InChI=1S/C6H4BrCl2NO2S/c1-3-4(7)2-10-6(8)5(3)13(9,11)12/h2H,1H3. The summed E-state index contributed by atoms with van der Waals surface area (Å²) in [5, 5.41) is -0.115. The Bertz CT molecular complexity index is 446. The summed E-state index contributed by atoms with van der Waals surface area (Å²) in [6, 6.07) is 0. The summed E-state index contributed by atoms with van der Waals surface area (Å²) in [7, 11) is 1.33.